The average Bonchev–Trinajstić information content (AvgIpc) is 2.96. The molecule has 0 amide bonds. The lowest BCUT2D eigenvalue weighted by Gasteiger charge is -2.19. The SMILES string of the molecule is COC(=O)[C@@H]1[C@@H]2c3cccc4cccc(c34)[C@@H]2ON1C. The van der Waals surface area contributed by atoms with E-state index in [9.17, 15) is 4.79 Å². The molecule has 1 fully saturated rings. The van der Waals surface area contributed by atoms with Crippen LogP contribution in [0.5, 0.6) is 0 Å². The van der Waals surface area contributed by atoms with Gasteiger partial charge >= 0.3 is 5.97 Å². The maximum Gasteiger partial charge on any atom is 0.326 e. The standard InChI is InChI=1S/C16H15NO3/c1-17-14(16(18)19-2)13-10-7-3-5-9-6-4-8-11(12(9)10)15(13)20-17/h3-8,13-15H,1-2H3/t13-,14-,15-/m0/s1. The zero-order chi connectivity index (χ0) is 13.9. The molecule has 0 bridgehead atoms. The van der Waals surface area contributed by atoms with Crippen LogP contribution < -0.4 is 0 Å². The van der Waals surface area contributed by atoms with E-state index in [1.54, 1.807) is 12.1 Å². The van der Waals surface area contributed by atoms with Gasteiger partial charge in [-0.25, -0.2) is 0 Å². The largest absolute Gasteiger partial charge is 0.468 e. The molecule has 0 aromatic heterocycles. The number of nitrogens with zero attached hydrogens (tertiary/aromatic N) is 1. The molecule has 1 aliphatic heterocycles. The molecule has 3 atom stereocenters. The van der Waals surface area contributed by atoms with Crippen molar-refractivity contribution >= 4 is 16.7 Å². The fourth-order valence-corrected chi connectivity index (χ4v) is 3.62. The smallest absolute Gasteiger partial charge is 0.326 e. The summed E-state index contributed by atoms with van der Waals surface area (Å²) >= 11 is 0. The van der Waals surface area contributed by atoms with Crippen LogP contribution in [0.15, 0.2) is 36.4 Å². The number of carbonyl (C=O) groups excluding carboxylic acids is 1. The fourth-order valence-electron chi connectivity index (χ4n) is 3.62. The van der Waals surface area contributed by atoms with Gasteiger partial charge in [0, 0.05) is 13.0 Å². The molecule has 1 heterocycles. The Labute approximate surface area is 116 Å². The van der Waals surface area contributed by atoms with E-state index in [1.165, 1.54) is 29.0 Å². The number of benzene rings is 2. The zero-order valence-electron chi connectivity index (χ0n) is 11.4. The Kier molecular flexibility index (Phi) is 2.40. The second-order valence-electron chi connectivity index (χ2n) is 5.36. The Morgan fingerprint density at radius 3 is 2.60 bits per heavy atom. The van der Waals surface area contributed by atoms with Crippen LogP contribution in [0.25, 0.3) is 10.8 Å². The van der Waals surface area contributed by atoms with Crippen LogP contribution in [0, 0.1) is 0 Å². The van der Waals surface area contributed by atoms with E-state index in [-0.39, 0.29) is 24.0 Å². The molecular formula is C16H15NO3. The average molecular weight is 269 g/mol. The summed E-state index contributed by atoms with van der Waals surface area (Å²) in [4.78, 5) is 18.0. The molecule has 4 rings (SSSR count). The van der Waals surface area contributed by atoms with E-state index in [0.29, 0.717) is 0 Å². The first-order valence-electron chi connectivity index (χ1n) is 6.71. The summed E-state index contributed by atoms with van der Waals surface area (Å²) in [6.45, 7) is 0. The third-order valence-corrected chi connectivity index (χ3v) is 4.42. The van der Waals surface area contributed by atoms with E-state index in [1.807, 2.05) is 12.1 Å². The Morgan fingerprint density at radius 1 is 1.20 bits per heavy atom. The van der Waals surface area contributed by atoms with E-state index >= 15 is 0 Å². The number of rotatable bonds is 1. The number of carbonyl (C=O) groups is 1. The molecule has 20 heavy (non-hydrogen) atoms. The molecule has 2 aromatic carbocycles. The maximum absolute atomic E-state index is 12.1. The van der Waals surface area contributed by atoms with E-state index < -0.39 is 0 Å². The second-order valence-corrected chi connectivity index (χ2v) is 5.36. The molecule has 0 unspecified atom stereocenters. The van der Waals surface area contributed by atoms with Crippen molar-refractivity contribution in [3.8, 4) is 0 Å². The highest BCUT2D eigenvalue weighted by Gasteiger charge is 2.51. The number of likely N-dealkylation sites (N-methyl/N-ethyl adjacent to an activating group) is 1. The van der Waals surface area contributed by atoms with Crippen LogP contribution >= 0.6 is 0 Å². The predicted molar refractivity (Wildman–Crippen MR) is 74.1 cm³/mol. The van der Waals surface area contributed by atoms with Crippen molar-refractivity contribution < 1.29 is 14.4 Å². The first kappa shape index (κ1) is 11.9. The van der Waals surface area contributed by atoms with Gasteiger partial charge in [-0.15, -0.1) is 0 Å². The molecule has 0 radical (unpaired) electrons. The summed E-state index contributed by atoms with van der Waals surface area (Å²) in [7, 11) is 3.22. The molecule has 2 aromatic rings. The number of hydrogen-bond donors (Lipinski definition) is 0. The van der Waals surface area contributed by atoms with Gasteiger partial charge in [0.25, 0.3) is 0 Å². The lowest BCUT2D eigenvalue weighted by atomic mass is 9.91. The normalized spacial score (nSPS) is 27.8. The van der Waals surface area contributed by atoms with Gasteiger partial charge < -0.3 is 4.74 Å². The molecule has 1 aliphatic carbocycles. The number of hydrogen-bond acceptors (Lipinski definition) is 4. The quantitative estimate of drug-likeness (QED) is 0.745. The van der Waals surface area contributed by atoms with Crippen molar-refractivity contribution in [1.82, 2.24) is 5.06 Å². The van der Waals surface area contributed by atoms with Gasteiger partial charge in [0.2, 0.25) is 0 Å². The van der Waals surface area contributed by atoms with Crippen LogP contribution in [-0.2, 0) is 14.4 Å². The van der Waals surface area contributed by atoms with Crippen molar-refractivity contribution in [3.63, 3.8) is 0 Å². The summed E-state index contributed by atoms with van der Waals surface area (Å²) in [5.74, 6) is -0.238. The minimum Gasteiger partial charge on any atom is -0.468 e. The highest BCUT2D eigenvalue weighted by Crippen LogP contribution is 2.53. The molecule has 0 saturated carbocycles. The van der Waals surface area contributed by atoms with Gasteiger partial charge in [-0.05, 0) is 21.9 Å². The van der Waals surface area contributed by atoms with Crippen LogP contribution in [0.4, 0.5) is 0 Å². The minimum atomic E-state index is -0.386. The molecule has 0 spiro atoms. The predicted octanol–water partition coefficient (Wildman–Crippen LogP) is 2.40. The summed E-state index contributed by atoms with van der Waals surface area (Å²) in [5.41, 5.74) is 2.35. The van der Waals surface area contributed by atoms with Crippen LogP contribution in [-0.4, -0.2) is 31.2 Å². The molecule has 0 N–H and O–H groups in total. The molecule has 102 valence electrons. The maximum atomic E-state index is 12.1. The zero-order valence-corrected chi connectivity index (χ0v) is 11.4. The molecule has 2 aliphatic rings. The van der Waals surface area contributed by atoms with Gasteiger partial charge in [0.1, 0.15) is 12.1 Å². The Hall–Kier alpha value is -1.91. The molecular weight excluding hydrogens is 254 g/mol. The van der Waals surface area contributed by atoms with Crippen LogP contribution in [0.3, 0.4) is 0 Å². The highest BCUT2D eigenvalue weighted by molar-refractivity contribution is 5.93. The first-order valence-corrected chi connectivity index (χ1v) is 6.71. The monoisotopic (exact) mass is 269 g/mol. The third kappa shape index (κ3) is 1.35. The minimum absolute atomic E-state index is 0.00792. The number of methoxy groups -OCH3 is 1. The van der Waals surface area contributed by atoms with Gasteiger partial charge in [0.15, 0.2) is 0 Å². The van der Waals surface area contributed by atoms with Crippen molar-refractivity contribution in [2.45, 2.75) is 18.1 Å². The second kappa shape index (κ2) is 4.04. The Bertz CT molecular complexity index is 707. The summed E-state index contributed by atoms with van der Waals surface area (Å²) < 4.78 is 4.95. The van der Waals surface area contributed by atoms with Gasteiger partial charge in [-0.2, -0.15) is 5.06 Å². The summed E-state index contributed by atoms with van der Waals surface area (Å²) in [6, 6.07) is 12.1. The topological polar surface area (TPSA) is 38.8 Å². The Morgan fingerprint density at radius 2 is 1.90 bits per heavy atom. The van der Waals surface area contributed by atoms with Crippen molar-refractivity contribution in [2.24, 2.45) is 0 Å². The lowest BCUT2D eigenvalue weighted by Crippen LogP contribution is -2.36. The van der Waals surface area contributed by atoms with Crippen molar-refractivity contribution in [2.75, 3.05) is 14.2 Å². The summed E-state index contributed by atoms with van der Waals surface area (Å²) in [6.07, 6.45) is -0.0924. The molecule has 1 saturated heterocycles. The number of ether oxygens (including phenoxy) is 1. The van der Waals surface area contributed by atoms with Crippen LogP contribution in [0.1, 0.15) is 23.1 Å². The van der Waals surface area contributed by atoms with Crippen molar-refractivity contribution in [3.05, 3.63) is 47.5 Å². The Balaban J connectivity index is 1.94. The number of hydroxylamine groups is 2. The van der Waals surface area contributed by atoms with Gasteiger partial charge in [-0.1, -0.05) is 36.4 Å². The third-order valence-electron chi connectivity index (χ3n) is 4.42. The van der Waals surface area contributed by atoms with E-state index in [0.717, 1.165) is 0 Å². The summed E-state index contributed by atoms with van der Waals surface area (Å²) in [5, 5.41) is 4.06. The first-order chi connectivity index (χ1) is 9.72. The van der Waals surface area contributed by atoms with E-state index in [2.05, 4.69) is 24.3 Å². The molecule has 4 heteroatoms. The lowest BCUT2D eigenvalue weighted by molar-refractivity contribution is -0.170. The van der Waals surface area contributed by atoms with E-state index in [4.69, 9.17) is 9.57 Å². The highest BCUT2D eigenvalue weighted by atomic mass is 16.7. The van der Waals surface area contributed by atoms with Gasteiger partial charge in [-0.3, -0.25) is 9.63 Å². The number of esters is 1. The van der Waals surface area contributed by atoms with Crippen molar-refractivity contribution in [1.29, 1.82) is 0 Å². The van der Waals surface area contributed by atoms with Gasteiger partial charge in [0.05, 0.1) is 7.11 Å². The molecule has 4 nitrogen and oxygen atoms in total. The van der Waals surface area contributed by atoms with Crippen LogP contribution in [0.2, 0.25) is 0 Å². The fraction of sp³-hybridized carbons (Fsp3) is 0.312. The number of fused-ring (bicyclic) bond motifs is 3.